The lowest BCUT2D eigenvalue weighted by Gasteiger charge is -2.20. The first-order valence-corrected chi connectivity index (χ1v) is 4.91. The Labute approximate surface area is 89.8 Å². The maximum Gasteiger partial charge on any atom is 0.319 e. The Morgan fingerprint density at radius 1 is 1.50 bits per heavy atom. The van der Waals surface area contributed by atoms with E-state index < -0.39 is 0 Å². The van der Waals surface area contributed by atoms with Crippen LogP contribution in [0.1, 0.15) is 5.56 Å². The Morgan fingerprint density at radius 3 is 3.00 bits per heavy atom. The number of hydrogen-bond donors (Lipinski definition) is 2. The van der Waals surface area contributed by atoms with Crippen molar-refractivity contribution in [3.63, 3.8) is 0 Å². The molecule has 0 aliphatic carbocycles. The molecule has 0 unspecified atom stereocenters. The smallest absolute Gasteiger partial charge is 0.319 e. The summed E-state index contributed by atoms with van der Waals surface area (Å²) in [5, 5.41) is 5.41. The molecule has 2 N–H and O–H groups in total. The van der Waals surface area contributed by atoms with E-state index in [0.29, 0.717) is 6.54 Å². The zero-order valence-corrected chi connectivity index (χ0v) is 9.14. The van der Waals surface area contributed by atoms with Crippen LogP contribution in [0.2, 0.25) is 0 Å². The second-order valence-electron chi connectivity index (χ2n) is 2.94. The van der Waals surface area contributed by atoms with Gasteiger partial charge in [0.25, 0.3) is 0 Å². The van der Waals surface area contributed by atoms with Crippen molar-refractivity contribution in [2.24, 2.45) is 0 Å². The second-order valence-corrected chi connectivity index (χ2v) is 3.80. The van der Waals surface area contributed by atoms with Crippen LogP contribution < -0.4 is 15.4 Å². The van der Waals surface area contributed by atoms with Gasteiger partial charge in [0.2, 0.25) is 0 Å². The van der Waals surface area contributed by atoms with Crippen LogP contribution in [0.15, 0.2) is 16.6 Å². The van der Waals surface area contributed by atoms with E-state index in [-0.39, 0.29) is 6.03 Å². The van der Waals surface area contributed by atoms with Crippen molar-refractivity contribution in [2.75, 3.05) is 12.4 Å². The zero-order valence-electron chi connectivity index (χ0n) is 7.56. The molecule has 0 spiro atoms. The standard InChI is InChI=1S/C9H9BrN2O2/c1-14-5-2-7(10)6-4-11-9(13)12-8(6)3-5/h2-3H,4H2,1H3,(H2,11,12,13). The van der Waals surface area contributed by atoms with Crippen molar-refractivity contribution in [2.45, 2.75) is 6.54 Å². The first-order valence-electron chi connectivity index (χ1n) is 4.12. The van der Waals surface area contributed by atoms with E-state index in [2.05, 4.69) is 26.6 Å². The van der Waals surface area contributed by atoms with Gasteiger partial charge in [-0.15, -0.1) is 0 Å². The number of benzene rings is 1. The summed E-state index contributed by atoms with van der Waals surface area (Å²) in [6.07, 6.45) is 0. The van der Waals surface area contributed by atoms with Crippen molar-refractivity contribution in [1.29, 1.82) is 0 Å². The van der Waals surface area contributed by atoms with E-state index in [4.69, 9.17) is 4.74 Å². The Bertz CT molecular complexity index is 393. The molecule has 1 aliphatic rings. The molecule has 1 aromatic carbocycles. The summed E-state index contributed by atoms with van der Waals surface area (Å²) in [5.74, 6) is 0.720. The van der Waals surface area contributed by atoms with E-state index in [9.17, 15) is 4.79 Å². The van der Waals surface area contributed by atoms with Gasteiger partial charge in [-0.2, -0.15) is 0 Å². The van der Waals surface area contributed by atoms with Crippen molar-refractivity contribution in [1.82, 2.24) is 5.32 Å². The Morgan fingerprint density at radius 2 is 2.29 bits per heavy atom. The van der Waals surface area contributed by atoms with Gasteiger partial charge in [-0.3, -0.25) is 0 Å². The molecule has 0 radical (unpaired) electrons. The number of carbonyl (C=O) groups is 1. The number of amides is 2. The molecule has 0 fully saturated rings. The lowest BCUT2D eigenvalue weighted by molar-refractivity contribution is 0.251. The topological polar surface area (TPSA) is 50.4 Å². The Kier molecular flexibility index (Phi) is 2.33. The predicted octanol–water partition coefficient (Wildman–Crippen LogP) is 2.09. The average Bonchev–Trinajstić information content (AvgIpc) is 2.16. The van der Waals surface area contributed by atoms with Crippen molar-refractivity contribution in [3.05, 3.63) is 22.2 Å². The van der Waals surface area contributed by atoms with Gasteiger partial charge < -0.3 is 15.4 Å². The Hall–Kier alpha value is -1.23. The molecular formula is C9H9BrN2O2. The van der Waals surface area contributed by atoms with Crippen LogP contribution in [-0.2, 0) is 6.54 Å². The minimum Gasteiger partial charge on any atom is -0.497 e. The summed E-state index contributed by atoms with van der Waals surface area (Å²) in [6.45, 7) is 0.533. The summed E-state index contributed by atoms with van der Waals surface area (Å²) in [5.41, 5.74) is 1.82. The van der Waals surface area contributed by atoms with Crippen LogP contribution in [-0.4, -0.2) is 13.1 Å². The average molecular weight is 257 g/mol. The van der Waals surface area contributed by atoms with Crippen LogP contribution in [0, 0.1) is 0 Å². The molecule has 14 heavy (non-hydrogen) atoms. The summed E-state index contributed by atoms with van der Waals surface area (Å²) < 4.78 is 6.02. The highest BCUT2D eigenvalue weighted by molar-refractivity contribution is 9.10. The summed E-state index contributed by atoms with van der Waals surface area (Å²) in [4.78, 5) is 11.1. The molecule has 2 amide bonds. The number of nitrogens with one attached hydrogen (secondary N) is 2. The number of rotatable bonds is 1. The fourth-order valence-electron chi connectivity index (χ4n) is 1.36. The number of carbonyl (C=O) groups excluding carboxylic acids is 1. The van der Waals surface area contributed by atoms with Crippen LogP contribution >= 0.6 is 15.9 Å². The van der Waals surface area contributed by atoms with E-state index in [1.54, 1.807) is 13.2 Å². The molecule has 2 rings (SSSR count). The summed E-state index contributed by atoms with van der Waals surface area (Å²) in [7, 11) is 1.59. The largest absolute Gasteiger partial charge is 0.497 e. The maximum absolute atomic E-state index is 11.1. The molecule has 0 saturated carbocycles. The van der Waals surface area contributed by atoms with Crippen molar-refractivity contribution >= 4 is 27.6 Å². The third kappa shape index (κ3) is 1.55. The molecule has 0 aromatic heterocycles. The highest BCUT2D eigenvalue weighted by Crippen LogP contribution is 2.32. The monoisotopic (exact) mass is 256 g/mol. The fraction of sp³-hybridized carbons (Fsp3) is 0.222. The molecule has 5 heteroatoms. The number of ether oxygens (including phenoxy) is 1. The van der Waals surface area contributed by atoms with Crippen molar-refractivity contribution < 1.29 is 9.53 Å². The number of fused-ring (bicyclic) bond motifs is 1. The molecule has 1 aliphatic heterocycles. The van der Waals surface area contributed by atoms with Crippen molar-refractivity contribution in [3.8, 4) is 5.75 Å². The van der Waals surface area contributed by atoms with E-state index >= 15 is 0 Å². The number of anilines is 1. The number of halogens is 1. The minimum absolute atomic E-state index is 0.183. The third-order valence-electron chi connectivity index (χ3n) is 2.08. The molecule has 0 bridgehead atoms. The summed E-state index contributed by atoms with van der Waals surface area (Å²) in [6, 6.07) is 3.49. The van der Waals surface area contributed by atoms with Gasteiger partial charge in [0.15, 0.2) is 0 Å². The van der Waals surface area contributed by atoms with Gasteiger partial charge in [-0.05, 0) is 6.07 Å². The van der Waals surface area contributed by atoms with Gasteiger partial charge >= 0.3 is 6.03 Å². The zero-order chi connectivity index (χ0) is 10.1. The molecule has 1 heterocycles. The highest BCUT2D eigenvalue weighted by atomic mass is 79.9. The normalized spacial score (nSPS) is 14.0. The number of methoxy groups -OCH3 is 1. The maximum atomic E-state index is 11.1. The predicted molar refractivity (Wildman–Crippen MR) is 56.6 cm³/mol. The molecule has 1 aromatic rings. The van der Waals surface area contributed by atoms with Gasteiger partial charge in [0.05, 0.1) is 12.8 Å². The molecule has 0 saturated heterocycles. The molecular weight excluding hydrogens is 248 g/mol. The van der Waals surface area contributed by atoms with Gasteiger partial charge in [-0.1, -0.05) is 15.9 Å². The molecule has 0 atom stereocenters. The van der Waals surface area contributed by atoms with E-state index in [1.165, 1.54) is 0 Å². The quantitative estimate of drug-likeness (QED) is 0.809. The van der Waals surface area contributed by atoms with Gasteiger partial charge in [-0.25, -0.2) is 4.79 Å². The second kappa shape index (κ2) is 3.49. The first-order chi connectivity index (χ1) is 6.70. The van der Waals surface area contributed by atoms with Crippen LogP contribution in [0.3, 0.4) is 0 Å². The van der Waals surface area contributed by atoms with Gasteiger partial charge in [0, 0.05) is 22.6 Å². The van der Waals surface area contributed by atoms with Crippen LogP contribution in [0.4, 0.5) is 10.5 Å². The van der Waals surface area contributed by atoms with E-state index in [0.717, 1.165) is 21.5 Å². The lowest BCUT2D eigenvalue weighted by atomic mass is 10.1. The first kappa shape index (κ1) is 9.33. The Balaban J connectivity index is 2.48. The minimum atomic E-state index is -0.183. The fourth-order valence-corrected chi connectivity index (χ4v) is 1.94. The number of urea groups is 1. The third-order valence-corrected chi connectivity index (χ3v) is 2.79. The van der Waals surface area contributed by atoms with Crippen LogP contribution in [0.5, 0.6) is 5.75 Å². The molecule has 4 nitrogen and oxygen atoms in total. The molecule has 74 valence electrons. The lowest BCUT2D eigenvalue weighted by Crippen LogP contribution is -2.33. The SMILES string of the molecule is COc1cc(Br)c2c(c1)NC(=O)NC2. The van der Waals surface area contributed by atoms with E-state index in [1.807, 2.05) is 6.07 Å². The van der Waals surface area contributed by atoms with Crippen LogP contribution in [0.25, 0.3) is 0 Å². The highest BCUT2D eigenvalue weighted by Gasteiger charge is 2.17. The van der Waals surface area contributed by atoms with Gasteiger partial charge in [0.1, 0.15) is 5.75 Å². The summed E-state index contributed by atoms with van der Waals surface area (Å²) >= 11 is 3.42. The number of hydrogen-bond acceptors (Lipinski definition) is 2.